The van der Waals surface area contributed by atoms with E-state index in [1.165, 1.54) is 0 Å². The summed E-state index contributed by atoms with van der Waals surface area (Å²) in [5.74, 6) is 0.680. The van der Waals surface area contributed by atoms with E-state index in [1.807, 2.05) is 42.1 Å². The van der Waals surface area contributed by atoms with E-state index in [1.54, 1.807) is 6.07 Å². The number of rotatable bonds is 7. The number of hydrogen-bond acceptors (Lipinski definition) is 4. The van der Waals surface area contributed by atoms with Gasteiger partial charge in [0.05, 0.1) is 12.6 Å². The molecule has 3 rings (SSSR count). The molecule has 2 heterocycles. The monoisotopic (exact) mass is 356 g/mol. The Morgan fingerprint density at radius 3 is 3.08 bits per heavy atom. The van der Waals surface area contributed by atoms with Crippen molar-refractivity contribution in [2.24, 2.45) is 0 Å². The van der Waals surface area contributed by atoms with Gasteiger partial charge in [0.1, 0.15) is 17.5 Å². The van der Waals surface area contributed by atoms with Gasteiger partial charge in [-0.05, 0) is 56.5 Å². The van der Waals surface area contributed by atoms with Crippen LogP contribution in [-0.4, -0.2) is 41.4 Å². The van der Waals surface area contributed by atoms with Gasteiger partial charge in [0.15, 0.2) is 0 Å². The van der Waals surface area contributed by atoms with Crippen molar-refractivity contribution in [1.82, 2.24) is 20.4 Å². The Hall–Kier alpha value is -2.34. The van der Waals surface area contributed by atoms with E-state index in [2.05, 4.69) is 22.7 Å². The zero-order valence-corrected chi connectivity index (χ0v) is 15.6. The van der Waals surface area contributed by atoms with Crippen molar-refractivity contribution in [3.05, 3.63) is 47.8 Å². The first-order valence-electron chi connectivity index (χ1n) is 9.43. The molecule has 1 amide bonds. The van der Waals surface area contributed by atoms with Crippen LogP contribution in [0.4, 0.5) is 0 Å². The third kappa shape index (κ3) is 4.85. The number of benzene rings is 1. The maximum atomic E-state index is 12.4. The van der Waals surface area contributed by atoms with Gasteiger partial charge in [0.2, 0.25) is 0 Å². The Labute approximate surface area is 154 Å². The average Bonchev–Trinajstić information content (AvgIpc) is 3.16. The Morgan fingerprint density at radius 1 is 1.46 bits per heavy atom. The lowest BCUT2D eigenvalue weighted by molar-refractivity contribution is 0.0919. The van der Waals surface area contributed by atoms with E-state index in [0.29, 0.717) is 18.3 Å². The van der Waals surface area contributed by atoms with E-state index >= 15 is 0 Å². The zero-order chi connectivity index (χ0) is 18.4. The number of carbonyl (C=O) groups is 1. The Kier molecular flexibility index (Phi) is 6.28. The first-order valence-corrected chi connectivity index (χ1v) is 9.43. The van der Waals surface area contributed by atoms with E-state index in [4.69, 9.17) is 4.74 Å². The predicted octanol–water partition coefficient (Wildman–Crippen LogP) is 2.70. The van der Waals surface area contributed by atoms with Crippen LogP contribution in [0.5, 0.6) is 5.75 Å². The quantitative estimate of drug-likeness (QED) is 0.800. The van der Waals surface area contributed by atoms with Gasteiger partial charge in [-0.3, -0.25) is 9.48 Å². The molecule has 1 aromatic heterocycles. The minimum Gasteiger partial charge on any atom is -0.489 e. The standard InChI is InChI=1S/C20H28N4O2/c1-3-17(26-18-8-4-6-15(2)12-18)14-22-20(25)19-9-11-24(23-19)16-7-5-10-21-13-16/h4,6,8-9,11-12,16-17,21H,3,5,7,10,13-14H2,1-2H3,(H,22,25). The normalized spacial score (nSPS) is 18.3. The Morgan fingerprint density at radius 2 is 2.35 bits per heavy atom. The summed E-state index contributed by atoms with van der Waals surface area (Å²) in [6, 6.07) is 10.1. The highest BCUT2D eigenvalue weighted by atomic mass is 16.5. The summed E-state index contributed by atoms with van der Waals surface area (Å²) in [7, 11) is 0. The molecule has 140 valence electrons. The number of aromatic nitrogens is 2. The molecule has 2 aromatic rings. The molecule has 2 unspecified atom stereocenters. The van der Waals surface area contributed by atoms with Crippen LogP contribution in [0, 0.1) is 6.92 Å². The van der Waals surface area contributed by atoms with Gasteiger partial charge in [-0.2, -0.15) is 5.10 Å². The number of aryl methyl sites for hydroxylation is 1. The van der Waals surface area contributed by atoms with Crippen molar-refractivity contribution < 1.29 is 9.53 Å². The largest absolute Gasteiger partial charge is 0.489 e. The first-order chi connectivity index (χ1) is 12.7. The van der Waals surface area contributed by atoms with E-state index in [-0.39, 0.29) is 12.0 Å². The van der Waals surface area contributed by atoms with Crippen molar-refractivity contribution in [1.29, 1.82) is 0 Å². The summed E-state index contributed by atoms with van der Waals surface area (Å²) in [4.78, 5) is 12.4. The fourth-order valence-corrected chi connectivity index (χ4v) is 3.17. The molecule has 6 nitrogen and oxygen atoms in total. The summed E-state index contributed by atoms with van der Waals surface area (Å²) in [5, 5.41) is 10.8. The molecule has 1 aliphatic rings. The molecule has 1 aromatic carbocycles. The number of nitrogens with one attached hydrogen (secondary N) is 2. The number of nitrogens with zero attached hydrogens (tertiary/aromatic N) is 2. The Bertz CT molecular complexity index is 722. The van der Waals surface area contributed by atoms with Crippen molar-refractivity contribution in [2.75, 3.05) is 19.6 Å². The highest BCUT2D eigenvalue weighted by Crippen LogP contribution is 2.16. The topological polar surface area (TPSA) is 68.2 Å². The van der Waals surface area contributed by atoms with Crippen LogP contribution in [0.2, 0.25) is 0 Å². The van der Waals surface area contributed by atoms with Crippen LogP contribution in [0.15, 0.2) is 36.5 Å². The third-order valence-corrected chi connectivity index (χ3v) is 4.72. The SMILES string of the molecule is CCC(CNC(=O)c1ccn(C2CCCNC2)n1)Oc1cccc(C)c1. The first kappa shape index (κ1) is 18.5. The second-order valence-electron chi connectivity index (χ2n) is 6.86. The molecule has 1 fully saturated rings. The lowest BCUT2D eigenvalue weighted by Gasteiger charge is -2.22. The van der Waals surface area contributed by atoms with Gasteiger partial charge in [-0.25, -0.2) is 0 Å². The smallest absolute Gasteiger partial charge is 0.271 e. The molecule has 0 aliphatic carbocycles. The average molecular weight is 356 g/mol. The molecule has 2 atom stereocenters. The number of carbonyl (C=O) groups excluding carboxylic acids is 1. The molecule has 0 bridgehead atoms. The van der Waals surface area contributed by atoms with Crippen molar-refractivity contribution in [3.63, 3.8) is 0 Å². The lowest BCUT2D eigenvalue weighted by Crippen LogP contribution is -2.35. The van der Waals surface area contributed by atoms with Crippen LogP contribution in [0.25, 0.3) is 0 Å². The molecule has 0 radical (unpaired) electrons. The van der Waals surface area contributed by atoms with E-state index < -0.39 is 0 Å². The summed E-state index contributed by atoms with van der Waals surface area (Å²) in [6.07, 6.45) is 4.88. The van der Waals surface area contributed by atoms with Crippen LogP contribution < -0.4 is 15.4 Å². The highest BCUT2D eigenvalue weighted by Gasteiger charge is 2.18. The van der Waals surface area contributed by atoms with Gasteiger partial charge >= 0.3 is 0 Å². The number of hydrogen-bond donors (Lipinski definition) is 2. The van der Waals surface area contributed by atoms with E-state index in [9.17, 15) is 4.79 Å². The molecule has 0 spiro atoms. The fourth-order valence-electron chi connectivity index (χ4n) is 3.17. The minimum absolute atomic E-state index is 0.0645. The van der Waals surface area contributed by atoms with Crippen LogP contribution in [0.3, 0.4) is 0 Å². The van der Waals surface area contributed by atoms with Crippen molar-refractivity contribution in [3.8, 4) is 5.75 Å². The minimum atomic E-state index is -0.154. The number of ether oxygens (including phenoxy) is 1. The molecule has 1 saturated heterocycles. The number of amides is 1. The maximum absolute atomic E-state index is 12.4. The van der Waals surface area contributed by atoms with Crippen molar-refractivity contribution in [2.45, 2.75) is 45.3 Å². The molecule has 6 heteroatoms. The van der Waals surface area contributed by atoms with Crippen molar-refractivity contribution >= 4 is 5.91 Å². The van der Waals surface area contributed by atoms with Gasteiger partial charge in [0.25, 0.3) is 5.91 Å². The Balaban J connectivity index is 1.53. The summed E-state index contributed by atoms with van der Waals surface area (Å²) >= 11 is 0. The zero-order valence-electron chi connectivity index (χ0n) is 15.6. The number of piperidine rings is 1. The highest BCUT2D eigenvalue weighted by molar-refractivity contribution is 5.92. The molecular formula is C20H28N4O2. The van der Waals surface area contributed by atoms with Gasteiger partial charge in [0, 0.05) is 12.7 Å². The summed E-state index contributed by atoms with van der Waals surface area (Å²) in [5.41, 5.74) is 1.62. The fraction of sp³-hybridized carbons (Fsp3) is 0.500. The third-order valence-electron chi connectivity index (χ3n) is 4.72. The molecule has 0 saturated carbocycles. The summed E-state index contributed by atoms with van der Waals surface area (Å²) in [6.45, 7) is 6.52. The van der Waals surface area contributed by atoms with Gasteiger partial charge in [-0.15, -0.1) is 0 Å². The van der Waals surface area contributed by atoms with Gasteiger partial charge < -0.3 is 15.4 Å². The maximum Gasteiger partial charge on any atom is 0.271 e. The van der Waals surface area contributed by atoms with Gasteiger partial charge in [-0.1, -0.05) is 19.1 Å². The van der Waals surface area contributed by atoms with Crippen LogP contribution in [0.1, 0.15) is 48.3 Å². The molecule has 26 heavy (non-hydrogen) atoms. The van der Waals surface area contributed by atoms with E-state index in [0.717, 1.165) is 43.7 Å². The molecule has 1 aliphatic heterocycles. The second-order valence-corrected chi connectivity index (χ2v) is 6.86. The lowest BCUT2D eigenvalue weighted by atomic mass is 10.1. The second kappa shape index (κ2) is 8.85. The molecule has 2 N–H and O–H groups in total. The van der Waals surface area contributed by atoms with Crippen LogP contribution >= 0.6 is 0 Å². The summed E-state index contributed by atoms with van der Waals surface area (Å²) < 4.78 is 7.89. The van der Waals surface area contributed by atoms with Crippen LogP contribution in [-0.2, 0) is 0 Å². The predicted molar refractivity (Wildman–Crippen MR) is 102 cm³/mol. The molecular weight excluding hydrogens is 328 g/mol.